The number of nitro groups is 1. The summed E-state index contributed by atoms with van der Waals surface area (Å²) in [4.78, 5) is 20.3. The standard InChI is InChI=1S/C18H27N5O3/c1-2-19-18(20-13-15-5-3-4-6-17(15)23(24)25)22-8-7-16(14-22)21-9-11-26-12-10-21/h3-6,16H,2,7-14H2,1H3,(H,19,20). The van der Waals surface area contributed by atoms with Crippen molar-refractivity contribution in [2.75, 3.05) is 45.9 Å². The van der Waals surface area contributed by atoms with Gasteiger partial charge in [-0.25, -0.2) is 4.99 Å². The number of para-hydroxylation sites is 1. The molecule has 1 N–H and O–H groups in total. The summed E-state index contributed by atoms with van der Waals surface area (Å²) in [6, 6.07) is 7.32. The molecule has 0 bridgehead atoms. The molecule has 26 heavy (non-hydrogen) atoms. The number of morpholine rings is 1. The summed E-state index contributed by atoms with van der Waals surface area (Å²) in [5.74, 6) is 0.835. The van der Waals surface area contributed by atoms with Gasteiger partial charge in [0.25, 0.3) is 5.69 Å². The number of hydrogen-bond donors (Lipinski definition) is 1. The van der Waals surface area contributed by atoms with E-state index in [0.29, 0.717) is 18.2 Å². The Hall–Kier alpha value is -2.19. The minimum atomic E-state index is -0.345. The molecule has 8 nitrogen and oxygen atoms in total. The molecule has 0 saturated carbocycles. The van der Waals surface area contributed by atoms with Gasteiger partial charge in [0.15, 0.2) is 5.96 Å². The minimum Gasteiger partial charge on any atom is -0.379 e. The number of rotatable bonds is 5. The van der Waals surface area contributed by atoms with Gasteiger partial charge < -0.3 is 15.0 Å². The monoisotopic (exact) mass is 361 g/mol. The highest BCUT2D eigenvalue weighted by Crippen LogP contribution is 2.20. The molecular formula is C18H27N5O3. The maximum absolute atomic E-state index is 11.2. The summed E-state index contributed by atoms with van der Waals surface area (Å²) < 4.78 is 5.44. The number of nitro benzene ring substituents is 1. The van der Waals surface area contributed by atoms with Crippen molar-refractivity contribution in [1.82, 2.24) is 15.1 Å². The van der Waals surface area contributed by atoms with Gasteiger partial charge in [-0.3, -0.25) is 15.0 Å². The topological polar surface area (TPSA) is 83.2 Å². The Kier molecular flexibility index (Phi) is 6.40. The highest BCUT2D eigenvalue weighted by atomic mass is 16.6. The fourth-order valence-corrected chi connectivity index (χ4v) is 3.58. The van der Waals surface area contributed by atoms with Crippen molar-refractivity contribution in [2.45, 2.75) is 25.9 Å². The van der Waals surface area contributed by atoms with Crippen LogP contribution in [-0.4, -0.2) is 72.7 Å². The number of hydrogen-bond acceptors (Lipinski definition) is 5. The van der Waals surface area contributed by atoms with Crippen molar-refractivity contribution in [1.29, 1.82) is 0 Å². The van der Waals surface area contributed by atoms with E-state index >= 15 is 0 Å². The third-order valence-corrected chi connectivity index (χ3v) is 4.95. The molecule has 1 aromatic carbocycles. The minimum absolute atomic E-state index is 0.125. The smallest absolute Gasteiger partial charge is 0.274 e. The van der Waals surface area contributed by atoms with E-state index in [1.54, 1.807) is 12.1 Å². The summed E-state index contributed by atoms with van der Waals surface area (Å²) in [5.41, 5.74) is 0.761. The lowest BCUT2D eigenvalue weighted by molar-refractivity contribution is -0.385. The van der Waals surface area contributed by atoms with Gasteiger partial charge in [-0.05, 0) is 13.3 Å². The molecule has 1 aromatic rings. The number of likely N-dealkylation sites (tertiary alicyclic amines) is 1. The average molecular weight is 361 g/mol. The molecular weight excluding hydrogens is 334 g/mol. The number of guanidine groups is 1. The molecule has 2 fully saturated rings. The van der Waals surface area contributed by atoms with Crippen LogP contribution in [0.4, 0.5) is 5.69 Å². The zero-order chi connectivity index (χ0) is 18.4. The number of benzene rings is 1. The first-order chi connectivity index (χ1) is 12.7. The first kappa shape index (κ1) is 18.6. The van der Waals surface area contributed by atoms with Gasteiger partial charge in [-0.1, -0.05) is 18.2 Å². The van der Waals surface area contributed by atoms with Crippen molar-refractivity contribution in [3.8, 4) is 0 Å². The second-order valence-corrected chi connectivity index (χ2v) is 6.59. The van der Waals surface area contributed by atoms with Gasteiger partial charge in [0, 0.05) is 44.8 Å². The Labute approximate surface area is 154 Å². The van der Waals surface area contributed by atoms with E-state index in [2.05, 4.69) is 20.1 Å². The largest absolute Gasteiger partial charge is 0.379 e. The van der Waals surface area contributed by atoms with Crippen LogP contribution in [0.15, 0.2) is 29.3 Å². The maximum atomic E-state index is 11.2. The molecule has 2 aliphatic rings. The van der Waals surface area contributed by atoms with Gasteiger partial charge in [-0.15, -0.1) is 0 Å². The van der Waals surface area contributed by atoms with E-state index in [9.17, 15) is 10.1 Å². The van der Waals surface area contributed by atoms with Crippen LogP contribution >= 0.6 is 0 Å². The molecule has 0 radical (unpaired) electrons. The van der Waals surface area contributed by atoms with Crippen LogP contribution in [0.25, 0.3) is 0 Å². The van der Waals surface area contributed by atoms with Crippen molar-refractivity contribution in [2.24, 2.45) is 4.99 Å². The molecule has 2 heterocycles. The number of aliphatic imine (C=N–C) groups is 1. The summed E-state index contributed by atoms with van der Waals surface area (Å²) in [6.07, 6.45) is 1.11. The third kappa shape index (κ3) is 4.50. The molecule has 2 saturated heterocycles. The Balaban J connectivity index is 1.67. The van der Waals surface area contributed by atoms with E-state index in [0.717, 1.165) is 58.3 Å². The van der Waals surface area contributed by atoms with Gasteiger partial charge in [-0.2, -0.15) is 0 Å². The highest BCUT2D eigenvalue weighted by molar-refractivity contribution is 5.80. The molecule has 2 aliphatic heterocycles. The van der Waals surface area contributed by atoms with E-state index in [1.807, 2.05) is 13.0 Å². The first-order valence-electron chi connectivity index (χ1n) is 9.26. The zero-order valence-electron chi connectivity index (χ0n) is 15.3. The van der Waals surface area contributed by atoms with Gasteiger partial charge in [0.1, 0.15) is 0 Å². The van der Waals surface area contributed by atoms with E-state index in [1.165, 1.54) is 6.07 Å². The molecule has 3 rings (SSSR count). The summed E-state index contributed by atoms with van der Waals surface area (Å²) in [6.45, 7) is 8.59. The predicted molar refractivity (Wildman–Crippen MR) is 100 cm³/mol. The molecule has 0 spiro atoms. The van der Waals surface area contributed by atoms with Crippen LogP contribution in [0.2, 0.25) is 0 Å². The summed E-state index contributed by atoms with van der Waals surface area (Å²) in [5, 5.41) is 14.5. The second-order valence-electron chi connectivity index (χ2n) is 6.59. The van der Waals surface area contributed by atoms with Crippen molar-refractivity contribution >= 4 is 11.6 Å². The van der Waals surface area contributed by atoms with Crippen LogP contribution in [0.1, 0.15) is 18.9 Å². The Morgan fingerprint density at radius 1 is 1.35 bits per heavy atom. The van der Waals surface area contributed by atoms with E-state index in [-0.39, 0.29) is 10.6 Å². The van der Waals surface area contributed by atoms with Crippen LogP contribution in [0.3, 0.4) is 0 Å². The molecule has 1 unspecified atom stereocenters. The van der Waals surface area contributed by atoms with Crippen LogP contribution in [0.5, 0.6) is 0 Å². The molecule has 1 atom stereocenters. The Morgan fingerprint density at radius 3 is 2.85 bits per heavy atom. The van der Waals surface area contributed by atoms with Crippen molar-refractivity contribution in [3.05, 3.63) is 39.9 Å². The SMILES string of the molecule is CCNC(=NCc1ccccc1[N+](=O)[O-])N1CCC(N2CCOCC2)C1. The fraction of sp³-hybridized carbons (Fsp3) is 0.611. The number of ether oxygens (including phenoxy) is 1. The lowest BCUT2D eigenvalue weighted by atomic mass is 10.2. The fourth-order valence-electron chi connectivity index (χ4n) is 3.58. The quantitative estimate of drug-likeness (QED) is 0.370. The maximum Gasteiger partial charge on any atom is 0.274 e. The predicted octanol–water partition coefficient (Wildman–Crippen LogP) is 1.47. The molecule has 8 heteroatoms. The summed E-state index contributed by atoms with van der Waals surface area (Å²) in [7, 11) is 0. The van der Waals surface area contributed by atoms with Gasteiger partial charge in [0.05, 0.1) is 30.2 Å². The highest BCUT2D eigenvalue weighted by Gasteiger charge is 2.30. The number of nitrogens with one attached hydrogen (secondary N) is 1. The van der Waals surface area contributed by atoms with Gasteiger partial charge >= 0.3 is 0 Å². The second kappa shape index (κ2) is 8.95. The lowest BCUT2D eigenvalue weighted by Crippen LogP contribution is -2.46. The molecule has 0 aromatic heterocycles. The zero-order valence-corrected chi connectivity index (χ0v) is 15.3. The Bertz CT molecular complexity index is 645. The molecule has 0 aliphatic carbocycles. The normalized spacial score (nSPS) is 21.8. The Morgan fingerprint density at radius 2 is 2.12 bits per heavy atom. The molecule has 0 amide bonds. The lowest BCUT2D eigenvalue weighted by Gasteiger charge is -2.32. The van der Waals surface area contributed by atoms with Crippen LogP contribution in [0, 0.1) is 10.1 Å². The summed E-state index contributed by atoms with van der Waals surface area (Å²) >= 11 is 0. The third-order valence-electron chi connectivity index (χ3n) is 4.95. The van der Waals surface area contributed by atoms with Crippen LogP contribution < -0.4 is 5.32 Å². The van der Waals surface area contributed by atoms with Crippen molar-refractivity contribution in [3.63, 3.8) is 0 Å². The van der Waals surface area contributed by atoms with E-state index in [4.69, 9.17) is 4.74 Å². The number of nitrogens with zero attached hydrogens (tertiary/aromatic N) is 4. The molecule has 142 valence electrons. The van der Waals surface area contributed by atoms with E-state index < -0.39 is 0 Å². The van der Waals surface area contributed by atoms with Crippen molar-refractivity contribution < 1.29 is 9.66 Å². The first-order valence-corrected chi connectivity index (χ1v) is 9.26. The van der Waals surface area contributed by atoms with Gasteiger partial charge in [0.2, 0.25) is 0 Å². The average Bonchev–Trinajstić information content (AvgIpc) is 3.16. The van der Waals surface area contributed by atoms with Crippen LogP contribution in [-0.2, 0) is 11.3 Å².